The molecule has 116 valence electrons. The maximum absolute atomic E-state index is 12.8. The fourth-order valence-electron chi connectivity index (χ4n) is 2.91. The van der Waals surface area contributed by atoms with E-state index in [0.29, 0.717) is 13.1 Å². The van der Waals surface area contributed by atoms with Crippen LogP contribution in [0.15, 0.2) is 48.2 Å². The molecule has 23 heavy (non-hydrogen) atoms. The molecule has 3 aromatic rings. The van der Waals surface area contributed by atoms with E-state index in [0.717, 1.165) is 34.6 Å². The van der Waals surface area contributed by atoms with Crippen molar-refractivity contribution in [2.24, 2.45) is 0 Å². The first kappa shape index (κ1) is 14.1. The van der Waals surface area contributed by atoms with Gasteiger partial charge in [-0.05, 0) is 6.07 Å². The van der Waals surface area contributed by atoms with Crippen molar-refractivity contribution in [3.8, 4) is 0 Å². The Morgan fingerprint density at radius 3 is 2.70 bits per heavy atom. The number of rotatable bonds is 2. The van der Waals surface area contributed by atoms with E-state index in [-0.39, 0.29) is 5.91 Å². The van der Waals surface area contributed by atoms with E-state index >= 15 is 0 Å². The number of fused-ring (bicyclic) bond motifs is 1. The number of benzene rings is 1. The molecule has 0 aliphatic carbocycles. The predicted molar refractivity (Wildman–Crippen MR) is 92.0 cm³/mol. The highest BCUT2D eigenvalue weighted by Gasteiger charge is 2.24. The Morgan fingerprint density at radius 1 is 1.09 bits per heavy atom. The van der Waals surface area contributed by atoms with Gasteiger partial charge < -0.3 is 9.80 Å². The van der Waals surface area contributed by atoms with Crippen LogP contribution in [0.2, 0.25) is 0 Å². The van der Waals surface area contributed by atoms with E-state index in [4.69, 9.17) is 0 Å². The van der Waals surface area contributed by atoms with Gasteiger partial charge in [0.25, 0.3) is 5.91 Å². The predicted octanol–water partition coefficient (Wildman–Crippen LogP) is 2.65. The first-order valence-electron chi connectivity index (χ1n) is 7.59. The van der Waals surface area contributed by atoms with Crippen LogP contribution in [0.5, 0.6) is 0 Å². The topological polar surface area (TPSA) is 49.3 Å². The molecule has 1 fully saturated rings. The number of hydrogen-bond donors (Lipinski definition) is 0. The molecule has 3 heterocycles. The van der Waals surface area contributed by atoms with E-state index in [2.05, 4.69) is 20.9 Å². The molecule has 1 aromatic carbocycles. The summed E-state index contributed by atoms with van der Waals surface area (Å²) < 4.78 is 1.16. The van der Waals surface area contributed by atoms with Crippen molar-refractivity contribution in [1.82, 2.24) is 14.9 Å². The smallest absolute Gasteiger partial charge is 0.255 e. The minimum absolute atomic E-state index is 0.126. The van der Waals surface area contributed by atoms with Crippen LogP contribution in [0.4, 0.5) is 5.82 Å². The number of anilines is 1. The Hall–Kier alpha value is -2.47. The van der Waals surface area contributed by atoms with Crippen LogP contribution >= 0.6 is 11.3 Å². The summed E-state index contributed by atoms with van der Waals surface area (Å²) in [6.45, 7) is 2.98. The lowest BCUT2D eigenvalue weighted by Gasteiger charge is -2.35. The van der Waals surface area contributed by atoms with Gasteiger partial charge in [0.15, 0.2) is 0 Å². The minimum atomic E-state index is 0.126. The normalized spacial score (nSPS) is 15.1. The molecule has 0 spiro atoms. The van der Waals surface area contributed by atoms with Crippen LogP contribution in [-0.4, -0.2) is 47.0 Å². The van der Waals surface area contributed by atoms with Crippen molar-refractivity contribution in [1.29, 1.82) is 0 Å². The van der Waals surface area contributed by atoms with Gasteiger partial charge in [-0.1, -0.05) is 18.2 Å². The van der Waals surface area contributed by atoms with Crippen molar-refractivity contribution in [3.63, 3.8) is 0 Å². The standard InChI is InChI=1S/C17H16N4OS/c22-17(14-12-23-15-4-2-1-3-13(14)15)21-9-7-20(8-10-21)16-11-18-5-6-19-16/h1-6,11-12H,7-10H2. The summed E-state index contributed by atoms with van der Waals surface area (Å²) in [4.78, 5) is 25.3. The molecule has 6 heteroatoms. The fraction of sp³-hybridized carbons (Fsp3) is 0.235. The Labute approximate surface area is 138 Å². The molecule has 0 N–H and O–H groups in total. The Kier molecular flexibility index (Phi) is 3.67. The van der Waals surface area contributed by atoms with Gasteiger partial charge in [0.2, 0.25) is 0 Å². The quantitative estimate of drug-likeness (QED) is 0.727. The summed E-state index contributed by atoms with van der Waals surface area (Å²) in [5, 5.41) is 3.03. The molecule has 0 saturated carbocycles. The Bertz CT molecular complexity index is 825. The molecule has 5 nitrogen and oxygen atoms in total. The first-order chi connectivity index (χ1) is 11.3. The number of aromatic nitrogens is 2. The highest BCUT2D eigenvalue weighted by molar-refractivity contribution is 7.17. The van der Waals surface area contributed by atoms with E-state index in [1.807, 2.05) is 28.5 Å². The molecule has 1 amide bonds. The molecule has 1 saturated heterocycles. The van der Waals surface area contributed by atoms with Gasteiger partial charge >= 0.3 is 0 Å². The zero-order valence-electron chi connectivity index (χ0n) is 12.6. The highest BCUT2D eigenvalue weighted by Crippen LogP contribution is 2.27. The van der Waals surface area contributed by atoms with Gasteiger partial charge in [0.1, 0.15) is 5.82 Å². The molecule has 0 bridgehead atoms. The van der Waals surface area contributed by atoms with Gasteiger partial charge in [-0.25, -0.2) is 4.98 Å². The molecule has 4 rings (SSSR count). The van der Waals surface area contributed by atoms with Crippen LogP contribution in [0.25, 0.3) is 10.1 Å². The number of hydrogen-bond acceptors (Lipinski definition) is 5. The lowest BCUT2D eigenvalue weighted by molar-refractivity contribution is 0.0749. The van der Waals surface area contributed by atoms with Crippen LogP contribution < -0.4 is 4.90 Å². The maximum atomic E-state index is 12.8. The fourth-order valence-corrected chi connectivity index (χ4v) is 3.84. The number of nitrogens with zero attached hydrogens (tertiary/aromatic N) is 4. The van der Waals surface area contributed by atoms with Gasteiger partial charge in [-0.2, -0.15) is 0 Å². The second kappa shape index (κ2) is 5.96. The van der Waals surface area contributed by atoms with Crippen LogP contribution in [0, 0.1) is 0 Å². The van der Waals surface area contributed by atoms with Gasteiger partial charge in [0, 0.05) is 54.0 Å². The average molecular weight is 324 g/mol. The second-order valence-corrected chi connectivity index (χ2v) is 6.40. The highest BCUT2D eigenvalue weighted by atomic mass is 32.1. The summed E-state index contributed by atoms with van der Waals surface area (Å²) >= 11 is 1.63. The SMILES string of the molecule is O=C(c1csc2ccccc12)N1CCN(c2cnccn2)CC1. The molecule has 2 aromatic heterocycles. The summed E-state index contributed by atoms with van der Waals surface area (Å²) in [5.74, 6) is 1.00. The monoisotopic (exact) mass is 324 g/mol. The van der Waals surface area contributed by atoms with E-state index in [9.17, 15) is 4.79 Å². The van der Waals surface area contributed by atoms with Crippen molar-refractivity contribution in [2.45, 2.75) is 0 Å². The van der Waals surface area contributed by atoms with E-state index < -0.39 is 0 Å². The van der Waals surface area contributed by atoms with Crippen LogP contribution in [-0.2, 0) is 0 Å². The van der Waals surface area contributed by atoms with Crippen molar-refractivity contribution in [2.75, 3.05) is 31.1 Å². The molecule has 0 unspecified atom stereocenters. The lowest BCUT2D eigenvalue weighted by Crippen LogP contribution is -2.49. The summed E-state index contributed by atoms with van der Waals surface area (Å²) in [6, 6.07) is 8.07. The number of thiophene rings is 1. The number of amides is 1. The van der Waals surface area contributed by atoms with Gasteiger partial charge in [-0.3, -0.25) is 9.78 Å². The van der Waals surface area contributed by atoms with Crippen molar-refractivity contribution < 1.29 is 4.79 Å². The number of carbonyl (C=O) groups is 1. The zero-order valence-corrected chi connectivity index (χ0v) is 13.4. The van der Waals surface area contributed by atoms with Crippen molar-refractivity contribution in [3.05, 3.63) is 53.8 Å². The van der Waals surface area contributed by atoms with Crippen molar-refractivity contribution >= 4 is 33.1 Å². The zero-order chi connectivity index (χ0) is 15.6. The summed E-state index contributed by atoms with van der Waals surface area (Å²) in [7, 11) is 0. The Morgan fingerprint density at radius 2 is 1.91 bits per heavy atom. The third kappa shape index (κ3) is 2.66. The van der Waals surface area contributed by atoms with E-state index in [1.165, 1.54) is 0 Å². The number of carbonyl (C=O) groups excluding carboxylic acids is 1. The largest absolute Gasteiger partial charge is 0.352 e. The molecule has 1 aliphatic rings. The third-order valence-corrected chi connectivity index (χ3v) is 5.12. The maximum Gasteiger partial charge on any atom is 0.255 e. The summed E-state index contributed by atoms with van der Waals surface area (Å²) in [6.07, 6.45) is 5.14. The molecule has 0 radical (unpaired) electrons. The third-order valence-electron chi connectivity index (χ3n) is 4.15. The molecular formula is C17H16N4OS. The second-order valence-electron chi connectivity index (χ2n) is 5.49. The lowest BCUT2D eigenvalue weighted by atomic mass is 10.1. The summed E-state index contributed by atoms with van der Waals surface area (Å²) in [5.41, 5.74) is 0.818. The Balaban J connectivity index is 1.49. The van der Waals surface area contributed by atoms with E-state index in [1.54, 1.807) is 29.9 Å². The molecular weight excluding hydrogens is 308 g/mol. The van der Waals surface area contributed by atoms with Gasteiger partial charge in [-0.15, -0.1) is 11.3 Å². The molecule has 0 atom stereocenters. The average Bonchev–Trinajstić information content (AvgIpc) is 3.06. The minimum Gasteiger partial charge on any atom is -0.352 e. The number of piperazine rings is 1. The van der Waals surface area contributed by atoms with Gasteiger partial charge in [0.05, 0.1) is 11.8 Å². The molecule has 1 aliphatic heterocycles. The van der Waals surface area contributed by atoms with Crippen LogP contribution in [0.1, 0.15) is 10.4 Å². The van der Waals surface area contributed by atoms with Crippen LogP contribution in [0.3, 0.4) is 0 Å². The first-order valence-corrected chi connectivity index (χ1v) is 8.47.